The third kappa shape index (κ3) is 3.80. The van der Waals surface area contributed by atoms with Gasteiger partial charge in [0.15, 0.2) is 4.21 Å². The molecule has 1 aromatic carbocycles. The average molecular weight is 393 g/mol. The van der Waals surface area contributed by atoms with Gasteiger partial charge in [0, 0.05) is 11.4 Å². The predicted octanol–water partition coefficient (Wildman–Crippen LogP) is 3.41. The molecule has 5 nitrogen and oxygen atoms in total. The smallest absolute Gasteiger partial charge is 0.272 e. The Balaban J connectivity index is 2.32. The molecule has 0 radical (unpaired) electrons. The summed E-state index contributed by atoms with van der Waals surface area (Å²) >= 11 is 4.20. The lowest BCUT2D eigenvalue weighted by Gasteiger charge is -2.10. The second kappa shape index (κ2) is 6.12. The van der Waals surface area contributed by atoms with Crippen LogP contribution in [0.15, 0.2) is 38.3 Å². The van der Waals surface area contributed by atoms with E-state index in [0.29, 0.717) is 4.47 Å². The molecule has 0 spiro atoms. The van der Waals surface area contributed by atoms with Crippen molar-refractivity contribution in [2.75, 3.05) is 10.0 Å². The highest BCUT2D eigenvalue weighted by Gasteiger charge is 2.19. The van der Waals surface area contributed by atoms with Crippen LogP contribution in [0.5, 0.6) is 0 Å². The summed E-state index contributed by atoms with van der Waals surface area (Å²) in [5.41, 5.74) is 0.0633. The number of carbonyl (C=O) groups excluding carboxylic acids is 1. The van der Waals surface area contributed by atoms with Crippen LogP contribution in [0.1, 0.15) is 6.92 Å². The molecule has 0 aliphatic rings. The zero-order valence-corrected chi connectivity index (χ0v) is 13.9. The second-order valence-electron chi connectivity index (χ2n) is 4.04. The monoisotopic (exact) mass is 392 g/mol. The molecule has 0 bridgehead atoms. The van der Waals surface area contributed by atoms with Crippen LogP contribution in [0, 0.1) is 5.82 Å². The van der Waals surface area contributed by atoms with Gasteiger partial charge in [-0.05, 0) is 45.6 Å². The molecule has 2 N–H and O–H groups in total. The fourth-order valence-electron chi connectivity index (χ4n) is 1.55. The third-order valence-electron chi connectivity index (χ3n) is 2.36. The van der Waals surface area contributed by atoms with Crippen LogP contribution in [0.2, 0.25) is 0 Å². The van der Waals surface area contributed by atoms with E-state index in [1.54, 1.807) is 11.4 Å². The molecule has 112 valence electrons. The van der Waals surface area contributed by atoms with Gasteiger partial charge in [0.1, 0.15) is 5.82 Å². The number of rotatable bonds is 4. The Morgan fingerprint density at radius 2 is 2.05 bits per heavy atom. The molecule has 1 heterocycles. The summed E-state index contributed by atoms with van der Waals surface area (Å²) in [7, 11) is -3.77. The summed E-state index contributed by atoms with van der Waals surface area (Å²) in [5.74, 6) is -1.10. The Bertz CT molecular complexity index is 790. The molecule has 2 rings (SSSR count). The van der Waals surface area contributed by atoms with Gasteiger partial charge in [-0.3, -0.25) is 9.52 Å². The number of nitrogens with one attached hydrogen (secondary N) is 2. The number of benzene rings is 1. The molecule has 9 heteroatoms. The van der Waals surface area contributed by atoms with Crippen LogP contribution in [0.3, 0.4) is 0 Å². The second-order valence-corrected chi connectivity index (χ2v) is 7.69. The van der Waals surface area contributed by atoms with Crippen molar-refractivity contribution >= 4 is 54.6 Å². The van der Waals surface area contributed by atoms with E-state index in [9.17, 15) is 17.6 Å². The molecular weight excluding hydrogens is 383 g/mol. The van der Waals surface area contributed by atoms with Gasteiger partial charge in [0.25, 0.3) is 10.0 Å². The highest BCUT2D eigenvalue weighted by Crippen LogP contribution is 2.30. The number of hydrogen-bond acceptors (Lipinski definition) is 4. The maximum atomic E-state index is 13.5. The third-order valence-corrected chi connectivity index (χ3v) is 6.41. The zero-order chi connectivity index (χ0) is 15.6. The molecule has 0 saturated heterocycles. The Labute approximate surface area is 133 Å². The average Bonchev–Trinajstić information content (AvgIpc) is 2.79. The number of thiophene rings is 1. The lowest BCUT2D eigenvalue weighted by atomic mass is 10.2. The normalized spacial score (nSPS) is 11.2. The predicted molar refractivity (Wildman–Crippen MR) is 83.5 cm³/mol. The maximum Gasteiger partial charge on any atom is 0.272 e. The number of amides is 1. The topological polar surface area (TPSA) is 75.3 Å². The molecule has 1 aromatic heterocycles. The van der Waals surface area contributed by atoms with E-state index in [4.69, 9.17) is 0 Å². The van der Waals surface area contributed by atoms with Crippen molar-refractivity contribution in [3.05, 3.63) is 39.9 Å². The zero-order valence-electron chi connectivity index (χ0n) is 10.7. The summed E-state index contributed by atoms with van der Waals surface area (Å²) in [6.07, 6.45) is 0. The van der Waals surface area contributed by atoms with Gasteiger partial charge in [-0.25, -0.2) is 12.8 Å². The minimum atomic E-state index is -3.77. The van der Waals surface area contributed by atoms with Gasteiger partial charge >= 0.3 is 0 Å². The van der Waals surface area contributed by atoms with E-state index < -0.39 is 21.7 Å². The van der Waals surface area contributed by atoms with Crippen molar-refractivity contribution in [1.82, 2.24) is 0 Å². The van der Waals surface area contributed by atoms with Gasteiger partial charge in [-0.15, -0.1) is 11.3 Å². The minimum absolute atomic E-state index is 0.0899. The van der Waals surface area contributed by atoms with Crippen LogP contribution in [0.25, 0.3) is 0 Å². The molecule has 0 saturated carbocycles. The van der Waals surface area contributed by atoms with Crippen molar-refractivity contribution in [1.29, 1.82) is 0 Å². The number of anilines is 2. The van der Waals surface area contributed by atoms with Crippen molar-refractivity contribution in [2.45, 2.75) is 11.1 Å². The molecule has 2 aromatic rings. The standard InChI is InChI=1S/C12H10BrFN2O3S2/c1-7(17)15-11-6-8(2-3-10(11)14)16-21(18,19)12-9(13)4-5-20-12/h2-6,16H,1H3,(H,15,17). The van der Waals surface area contributed by atoms with Crippen molar-refractivity contribution < 1.29 is 17.6 Å². The van der Waals surface area contributed by atoms with Crippen molar-refractivity contribution in [3.63, 3.8) is 0 Å². The molecule has 0 fully saturated rings. The quantitative estimate of drug-likeness (QED) is 0.836. The summed E-state index contributed by atoms with van der Waals surface area (Å²) in [4.78, 5) is 11.0. The van der Waals surface area contributed by atoms with Crippen LogP contribution >= 0.6 is 27.3 Å². The number of halogens is 2. The fraction of sp³-hybridized carbons (Fsp3) is 0.0833. The van der Waals surface area contributed by atoms with Crippen molar-refractivity contribution in [3.8, 4) is 0 Å². The summed E-state index contributed by atoms with van der Waals surface area (Å²) in [5, 5.41) is 3.92. The summed E-state index contributed by atoms with van der Waals surface area (Å²) in [6, 6.07) is 5.19. The molecule has 1 amide bonds. The highest BCUT2D eigenvalue weighted by atomic mass is 79.9. The van der Waals surface area contributed by atoms with Crippen molar-refractivity contribution in [2.24, 2.45) is 0 Å². The number of sulfonamides is 1. The Kier molecular flexibility index (Phi) is 4.64. The first-order chi connectivity index (χ1) is 9.79. The number of carbonyl (C=O) groups is 1. The first kappa shape index (κ1) is 15.9. The molecule has 0 unspecified atom stereocenters. The molecule has 0 atom stereocenters. The number of hydrogen-bond donors (Lipinski definition) is 2. The molecule has 21 heavy (non-hydrogen) atoms. The first-order valence-corrected chi connectivity index (χ1v) is 8.78. The fourth-order valence-corrected chi connectivity index (χ4v) is 4.94. The molecule has 0 aliphatic carbocycles. The SMILES string of the molecule is CC(=O)Nc1cc(NS(=O)(=O)c2sccc2Br)ccc1F. The highest BCUT2D eigenvalue weighted by molar-refractivity contribution is 9.10. The largest absolute Gasteiger partial charge is 0.324 e. The summed E-state index contributed by atoms with van der Waals surface area (Å²) < 4.78 is 40.8. The van der Waals surface area contributed by atoms with E-state index in [1.807, 2.05) is 0 Å². The Morgan fingerprint density at radius 3 is 2.62 bits per heavy atom. The van der Waals surface area contributed by atoms with Gasteiger partial charge in [-0.1, -0.05) is 0 Å². The Morgan fingerprint density at radius 1 is 1.33 bits per heavy atom. The lowest BCUT2D eigenvalue weighted by molar-refractivity contribution is -0.114. The lowest BCUT2D eigenvalue weighted by Crippen LogP contribution is -2.13. The van der Waals surface area contributed by atoms with Gasteiger partial charge in [0.05, 0.1) is 11.4 Å². The van der Waals surface area contributed by atoms with E-state index >= 15 is 0 Å². The molecular formula is C12H10BrFN2O3S2. The Hall–Kier alpha value is -1.45. The van der Waals surface area contributed by atoms with Gasteiger partial charge < -0.3 is 5.32 Å². The summed E-state index contributed by atoms with van der Waals surface area (Å²) in [6.45, 7) is 1.24. The van der Waals surface area contributed by atoms with E-state index in [0.717, 1.165) is 17.4 Å². The van der Waals surface area contributed by atoms with E-state index in [2.05, 4.69) is 26.0 Å². The van der Waals surface area contributed by atoms with E-state index in [1.165, 1.54) is 19.1 Å². The first-order valence-electron chi connectivity index (χ1n) is 5.62. The van der Waals surface area contributed by atoms with Crippen LogP contribution in [0.4, 0.5) is 15.8 Å². The maximum absolute atomic E-state index is 13.5. The minimum Gasteiger partial charge on any atom is -0.324 e. The van der Waals surface area contributed by atoms with Gasteiger partial charge in [-0.2, -0.15) is 0 Å². The van der Waals surface area contributed by atoms with Crippen LogP contribution in [-0.2, 0) is 14.8 Å². The van der Waals surface area contributed by atoms with Crippen LogP contribution in [-0.4, -0.2) is 14.3 Å². The van der Waals surface area contributed by atoms with E-state index in [-0.39, 0.29) is 15.6 Å². The van der Waals surface area contributed by atoms with Crippen LogP contribution < -0.4 is 10.0 Å². The molecule has 0 aliphatic heterocycles. The van der Waals surface area contributed by atoms with Gasteiger partial charge in [0.2, 0.25) is 5.91 Å².